The van der Waals surface area contributed by atoms with Crippen LogP contribution in [0.25, 0.3) is 11.0 Å². The van der Waals surface area contributed by atoms with Gasteiger partial charge in [0.05, 0.1) is 17.1 Å². The summed E-state index contributed by atoms with van der Waals surface area (Å²) < 4.78 is 0. The largest absolute Gasteiger partial charge is 0.340 e. The number of ketones is 1. The van der Waals surface area contributed by atoms with Crippen molar-refractivity contribution in [3.63, 3.8) is 0 Å². The standard InChI is InChI=1S/C15H17N3O/c1-10(2)7-8-14(19)11(9-16)15-17-12-5-3-4-6-13(12)18-15/h3-6,10-11H,7-8H2,1-2H3,(H,17,18). The molecule has 0 aliphatic rings. The second-order valence-corrected chi connectivity index (χ2v) is 5.10. The lowest BCUT2D eigenvalue weighted by atomic mass is 9.97. The fourth-order valence-corrected chi connectivity index (χ4v) is 1.97. The van der Waals surface area contributed by atoms with Crippen LogP contribution in [0, 0.1) is 17.2 Å². The van der Waals surface area contributed by atoms with E-state index < -0.39 is 5.92 Å². The maximum absolute atomic E-state index is 12.1. The average molecular weight is 255 g/mol. The number of aromatic nitrogens is 2. The van der Waals surface area contributed by atoms with Crippen LogP contribution in [0.4, 0.5) is 0 Å². The normalized spacial score (nSPS) is 12.5. The number of benzene rings is 1. The lowest BCUT2D eigenvalue weighted by Crippen LogP contribution is -2.13. The number of aromatic amines is 1. The van der Waals surface area contributed by atoms with Crippen molar-refractivity contribution in [3.8, 4) is 6.07 Å². The highest BCUT2D eigenvalue weighted by molar-refractivity contribution is 5.88. The van der Waals surface area contributed by atoms with Crippen LogP contribution in [0.15, 0.2) is 24.3 Å². The molecule has 1 N–H and O–H groups in total. The van der Waals surface area contributed by atoms with Crippen molar-refractivity contribution in [1.82, 2.24) is 9.97 Å². The number of hydrogen-bond donors (Lipinski definition) is 1. The summed E-state index contributed by atoms with van der Waals surface area (Å²) in [6.45, 7) is 4.13. The maximum atomic E-state index is 12.1. The molecular weight excluding hydrogens is 238 g/mol. The van der Waals surface area contributed by atoms with Crippen LogP contribution in [-0.2, 0) is 4.79 Å². The molecule has 0 amide bonds. The van der Waals surface area contributed by atoms with Crippen molar-refractivity contribution in [2.75, 3.05) is 0 Å². The molecule has 0 saturated heterocycles. The van der Waals surface area contributed by atoms with Gasteiger partial charge in [0.2, 0.25) is 0 Å². The second kappa shape index (κ2) is 5.66. The first-order valence-corrected chi connectivity index (χ1v) is 6.48. The molecular formula is C15H17N3O. The molecule has 2 rings (SSSR count). The predicted molar refractivity (Wildman–Crippen MR) is 73.5 cm³/mol. The highest BCUT2D eigenvalue weighted by Gasteiger charge is 2.23. The first-order chi connectivity index (χ1) is 9.11. The van der Waals surface area contributed by atoms with E-state index in [2.05, 4.69) is 29.9 Å². The van der Waals surface area contributed by atoms with Crippen molar-refractivity contribution < 1.29 is 4.79 Å². The number of rotatable bonds is 5. The van der Waals surface area contributed by atoms with Crippen molar-refractivity contribution in [2.45, 2.75) is 32.6 Å². The number of nitriles is 1. The van der Waals surface area contributed by atoms with Crippen LogP contribution in [0.1, 0.15) is 38.4 Å². The minimum absolute atomic E-state index is 0.0599. The molecule has 0 bridgehead atoms. The monoisotopic (exact) mass is 255 g/mol. The number of Topliss-reactive ketones (excluding diaryl/α,β-unsaturated/α-hetero) is 1. The van der Waals surface area contributed by atoms with Crippen LogP contribution in [0.3, 0.4) is 0 Å². The van der Waals surface area contributed by atoms with Gasteiger partial charge in [0.1, 0.15) is 5.82 Å². The smallest absolute Gasteiger partial charge is 0.162 e. The topological polar surface area (TPSA) is 69.5 Å². The van der Waals surface area contributed by atoms with Crippen LogP contribution >= 0.6 is 0 Å². The summed E-state index contributed by atoms with van der Waals surface area (Å²) in [6.07, 6.45) is 1.23. The van der Waals surface area contributed by atoms with Crippen molar-refractivity contribution >= 4 is 16.8 Å². The second-order valence-electron chi connectivity index (χ2n) is 5.10. The van der Waals surface area contributed by atoms with Crippen LogP contribution in [0.2, 0.25) is 0 Å². The molecule has 1 aromatic heterocycles. The number of hydrogen-bond acceptors (Lipinski definition) is 3. The zero-order valence-corrected chi connectivity index (χ0v) is 11.2. The molecule has 19 heavy (non-hydrogen) atoms. The first-order valence-electron chi connectivity index (χ1n) is 6.48. The van der Waals surface area contributed by atoms with Gasteiger partial charge >= 0.3 is 0 Å². The zero-order valence-electron chi connectivity index (χ0n) is 11.2. The zero-order chi connectivity index (χ0) is 13.8. The van der Waals surface area contributed by atoms with Gasteiger partial charge in [-0.1, -0.05) is 26.0 Å². The summed E-state index contributed by atoms with van der Waals surface area (Å²) in [4.78, 5) is 19.5. The van der Waals surface area contributed by atoms with Gasteiger partial charge in [-0.3, -0.25) is 4.79 Å². The lowest BCUT2D eigenvalue weighted by Gasteiger charge is -2.06. The number of carbonyl (C=O) groups is 1. The van der Waals surface area contributed by atoms with Gasteiger partial charge in [-0.05, 0) is 24.5 Å². The van der Waals surface area contributed by atoms with Gasteiger partial charge in [-0.2, -0.15) is 5.26 Å². The van der Waals surface area contributed by atoms with Gasteiger partial charge in [0.15, 0.2) is 11.7 Å². The van der Waals surface area contributed by atoms with E-state index >= 15 is 0 Å². The van der Waals surface area contributed by atoms with Gasteiger partial charge in [-0.25, -0.2) is 4.98 Å². The van der Waals surface area contributed by atoms with Crippen LogP contribution in [0.5, 0.6) is 0 Å². The SMILES string of the molecule is CC(C)CCC(=O)C(C#N)c1nc2ccccc2[nH]1. The first kappa shape index (κ1) is 13.3. The average Bonchev–Trinajstić information content (AvgIpc) is 2.80. The summed E-state index contributed by atoms with van der Waals surface area (Å²) in [5, 5.41) is 9.21. The van der Waals surface area contributed by atoms with Crippen LogP contribution in [-0.4, -0.2) is 15.8 Å². The fourth-order valence-electron chi connectivity index (χ4n) is 1.97. The van der Waals surface area contributed by atoms with E-state index in [1.807, 2.05) is 24.3 Å². The van der Waals surface area contributed by atoms with Gasteiger partial charge in [0.25, 0.3) is 0 Å². The number of para-hydroxylation sites is 2. The van der Waals surface area contributed by atoms with Gasteiger partial charge in [-0.15, -0.1) is 0 Å². The number of nitrogens with one attached hydrogen (secondary N) is 1. The summed E-state index contributed by atoms with van der Waals surface area (Å²) in [6, 6.07) is 9.59. The Hall–Kier alpha value is -2.15. The maximum Gasteiger partial charge on any atom is 0.162 e. The van der Waals surface area contributed by atoms with Crippen molar-refractivity contribution in [3.05, 3.63) is 30.1 Å². The minimum Gasteiger partial charge on any atom is -0.340 e. The predicted octanol–water partition coefficient (Wildman–Crippen LogP) is 3.18. The number of carbonyl (C=O) groups excluding carboxylic acids is 1. The Morgan fingerprint density at radius 1 is 1.42 bits per heavy atom. The third-order valence-corrected chi connectivity index (χ3v) is 3.10. The van der Waals surface area contributed by atoms with E-state index in [-0.39, 0.29) is 5.78 Å². The summed E-state index contributed by atoms with van der Waals surface area (Å²) in [5.74, 6) is 0.0674. The van der Waals surface area contributed by atoms with Crippen molar-refractivity contribution in [2.24, 2.45) is 5.92 Å². The van der Waals surface area contributed by atoms with Gasteiger partial charge < -0.3 is 4.98 Å². The fraction of sp³-hybridized carbons (Fsp3) is 0.400. The Morgan fingerprint density at radius 2 is 2.16 bits per heavy atom. The molecule has 1 atom stereocenters. The highest BCUT2D eigenvalue weighted by Crippen LogP contribution is 2.20. The third-order valence-electron chi connectivity index (χ3n) is 3.10. The van der Waals surface area contributed by atoms with E-state index in [1.165, 1.54) is 0 Å². The van der Waals surface area contributed by atoms with E-state index in [4.69, 9.17) is 0 Å². The molecule has 0 fully saturated rings. The molecule has 1 heterocycles. The molecule has 2 aromatic rings. The van der Waals surface area contributed by atoms with E-state index in [0.29, 0.717) is 18.2 Å². The third kappa shape index (κ3) is 3.00. The molecule has 98 valence electrons. The molecule has 0 aliphatic carbocycles. The van der Waals surface area contributed by atoms with E-state index in [9.17, 15) is 10.1 Å². The van der Waals surface area contributed by atoms with Crippen molar-refractivity contribution in [1.29, 1.82) is 5.26 Å². The quantitative estimate of drug-likeness (QED) is 0.892. The highest BCUT2D eigenvalue weighted by atomic mass is 16.1. The lowest BCUT2D eigenvalue weighted by molar-refractivity contribution is -0.119. The van der Waals surface area contributed by atoms with Crippen LogP contribution < -0.4 is 0 Å². The summed E-state index contributed by atoms with van der Waals surface area (Å²) >= 11 is 0. The van der Waals surface area contributed by atoms with E-state index in [1.54, 1.807) is 0 Å². The Kier molecular flexibility index (Phi) is 3.96. The Labute approximate surface area is 112 Å². The number of fused-ring (bicyclic) bond motifs is 1. The molecule has 0 saturated carbocycles. The Balaban J connectivity index is 2.22. The minimum atomic E-state index is -0.786. The number of H-pyrrole nitrogens is 1. The van der Waals surface area contributed by atoms with Gasteiger partial charge in [0, 0.05) is 6.42 Å². The molecule has 4 heteroatoms. The Bertz CT molecular complexity index is 589. The number of nitrogens with zero attached hydrogens (tertiary/aromatic N) is 2. The Morgan fingerprint density at radius 3 is 2.79 bits per heavy atom. The summed E-state index contributed by atoms with van der Waals surface area (Å²) in [5.41, 5.74) is 1.64. The molecule has 0 radical (unpaired) electrons. The molecule has 4 nitrogen and oxygen atoms in total. The molecule has 1 aromatic carbocycles. The molecule has 0 aliphatic heterocycles. The van der Waals surface area contributed by atoms with E-state index in [0.717, 1.165) is 17.5 Å². The molecule has 0 spiro atoms. The number of imidazole rings is 1. The molecule has 1 unspecified atom stereocenters. The summed E-state index contributed by atoms with van der Waals surface area (Å²) in [7, 11) is 0.